The summed E-state index contributed by atoms with van der Waals surface area (Å²) in [4.78, 5) is 27.0. The Morgan fingerprint density at radius 3 is 2.69 bits per heavy atom. The topological polar surface area (TPSA) is 103 Å². The van der Waals surface area contributed by atoms with Crippen LogP contribution in [-0.2, 0) is 0 Å². The predicted molar refractivity (Wildman–Crippen MR) is 96.7 cm³/mol. The number of nitro groups is 1. The molecule has 1 aromatic heterocycles. The second-order valence-electron chi connectivity index (χ2n) is 5.70. The minimum atomic E-state index is -1.08. The van der Waals surface area contributed by atoms with Gasteiger partial charge in [-0.25, -0.2) is 9.78 Å². The van der Waals surface area contributed by atoms with E-state index in [2.05, 4.69) is 4.98 Å². The summed E-state index contributed by atoms with van der Waals surface area (Å²) in [6.45, 7) is 3.88. The summed E-state index contributed by atoms with van der Waals surface area (Å²) in [6.07, 6.45) is 0. The van der Waals surface area contributed by atoms with E-state index in [1.54, 1.807) is 25.1 Å². The molecule has 0 atom stereocenters. The summed E-state index contributed by atoms with van der Waals surface area (Å²) in [5, 5.41) is 21.4. The molecule has 3 rings (SSSR count). The van der Waals surface area contributed by atoms with Crippen LogP contribution in [0.1, 0.15) is 22.8 Å². The lowest BCUT2D eigenvalue weighted by Crippen LogP contribution is -2.02. The van der Waals surface area contributed by atoms with Crippen LogP contribution in [0.4, 0.5) is 5.69 Å². The number of fused-ring (bicyclic) bond motifs is 1. The van der Waals surface area contributed by atoms with Gasteiger partial charge in [0.15, 0.2) is 5.75 Å². The number of nitrogens with zero attached hydrogens (tertiary/aromatic N) is 2. The van der Waals surface area contributed by atoms with Crippen molar-refractivity contribution in [2.45, 2.75) is 13.8 Å². The fraction of sp³-hybridized carbons (Fsp3) is 0.158. The van der Waals surface area contributed by atoms with Crippen LogP contribution in [0.3, 0.4) is 0 Å². The first-order valence-corrected chi connectivity index (χ1v) is 7.97. The molecule has 2 aromatic carbocycles. The van der Waals surface area contributed by atoms with Gasteiger partial charge in [0.05, 0.1) is 28.3 Å². The van der Waals surface area contributed by atoms with E-state index >= 15 is 0 Å². The number of carboxylic acids is 1. The highest BCUT2D eigenvalue weighted by Gasteiger charge is 2.19. The quantitative estimate of drug-likeness (QED) is 0.545. The number of pyridine rings is 1. The molecule has 0 aliphatic rings. The third-order valence-electron chi connectivity index (χ3n) is 4.02. The molecular formula is C19H16N2O5. The number of rotatable bonds is 5. The van der Waals surface area contributed by atoms with E-state index in [-0.39, 0.29) is 17.0 Å². The average Bonchev–Trinajstić information content (AvgIpc) is 2.61. The molecule has 0 bridgehead atoms. The Balaban J connectivity index is 2.25. The van der Waals surface area contributed by atoms with Crippen molar-refractivity contribution in [1.82, 2.24) is 4.98 Å². The molecule has 1 heterocycles. The lowest BCUT2D eigenvalue weighted by Gasteiger charge is -2.10. The van der Waals surface area contributed by atoms with Gasteiger partial charge < -0.3 is 9.84 Å². The molecule has 1 N–H and O–H groups in total. The summed E-state index contributed by atoms with van der Waals surface area (Å²) in [6, 6.07) is 11.2. The van der Waals surface area contributed by atoms with E-state index in [9.17, 15) is 20.0 Å². The summed E-state index contributed by atoms with van der Waals surface area (Å²) < 4.78 is 5.28. The first-order chi connectivity index (χ1) is 12.4. The monoisotopic (exact) mass is 352 g/mol. The molecule has 0 fully saturated rings. The molecule has 26 heavy (non-hydrogen) atoms. The number of benzene rings is 2. The zero-order valence-electron chi connectivity index (χ0n) is 14.2. The van der Waals surface area contributed by atoms with Crippen LogP contribution in [-0.4, -0.2) is 27.6 Å². The number of aromatic carboxylic acids is 1. The number of carbonyl (C=O) groups is 1. The number of para-hydroxylation sites is 1. The van der Waals surface area contributed by atoms with Gasteiger partial charge >= 0.3 is 11.7 Å². The number of aromatic nitrogens is 1. The fourth-order valence-corrected chi connectivity index (χ4v) is 2.81. The van der Waals surface area contributed by atoms with Crippen molar-refractivity contribution < 1.29 is 19.6 Å². The first-order valence-electron chi connectivity index (χ1n) is 7.97. The van der Waals surface area contributed by atoms with Crippen LogP contribution in [0.15, 0.2) is 42.5 Å². The maximum atomic E-state index is 11.7. The zero-order chi connectivity index (χ0) is 18.8. The molecule has 0 aliphatic heterocycles. The zero-order valence-corrected chi connectivity index (χ0v) is 14.2. The molecule has 132 valence electrons. The van der Waals surface area contributed by atoms with Gasteiger partial charge in [-0.05, 0) is 37.6 Å². The molecule has 0 radical (unpaired) electrons. The van der Waals surface area contributed by atoms with Crippen LogP contribution in [0.25, 0.3) is 22.2 Å². The van der Waals surface area contributed by atoms with Crippen molar-refractivity contribution in [3.05, 3.63) is 63.7 Å². The maximum absolute atomic E-state index is 11.7. The van der Waals surface area contributed by atoms with Gasteiger partial charge in [0.25, 0.3) is 0 Å². The van der Waals surface area contributed by atoms with Crippen molar-refractivity contribution in [3.8, 4) is 17.0 Å². The second kappa shape index (κ2) is 6.79. The van der Waals surface area contributed by atoms with Crippen molar-refractivity contribution in [1.29, 1.82) is 0 Å². The summed E-state index contributed by atoms with van der Waals surface area (Å²) in [5.41, 5.74) is 2.10. The van der Waals surface area contributed by atoms with Gasteiger partial charge in [0, 0.05) is 17.0 Å². The normalized spacial score (nSPS) is 10.7. The van der Waals surface area contributed by atoms with E-state index < -0.39 is 10.9 Å². The van der Waals surface area contributed by atoms with Crippen LogP contribution < -0.4 is 4.74 Å². The van der Waals surface area contributed by atoms with E-state index in [1.165, 1.54) is 18.2 Å². The Hall–Kier alpha value is -3.48. The minimum absolute atomic E-state index is 0.102. The van der Waals surface area contributed by atoms with Crippen LogP contribution >= 0.6 is 0 Å². The lowest BCUT2D eigenvalue weighted by molar-refractivity contribution is -0.385. The Morgan fingerprint density at radius 2 is 2.04 bits per heavy atom. The Morgan fingerprint density at radius 1 is 1.27 bits per heavy atom. The van der Waals surface area contributed by atoms with Gasteiger partial charge in [-0.15, -0.1) is 0 Å². The second-order valence-corrected chi connectivity index (χ2v) is 5.70. The van der Waals surface area contributed by atoms with E-state index in [4.69, 9.17) is 4.74 Å². The molecule has 0 aliphatic carbocycles. The Labute approximate surface area is 149 Å². The van der Waals surface area contributed by atoms with Gasteiger partial charge in [0.2, 0.25) is 0 Å². The molecule has 0 saturated carbocycles. The minimum Gasteiger partial charge on any atom is -0.487 e. The van der Waals surface area contributed by atoms with Gasteiger partial charge in [-0.1, -0.05) is 18.2 Å². The van der Waals surface area contributed by atoms with Gasteiger partial charge in [-0.2, -0.15) is 0 Å². The average molecular weight is 352 g/mol. The van der Waals surface area contributed by atoms with Crippen molar-refractivity contribution >= 4 is 22.6 Å². The SMILES string of the molecule is CCOc1ccc(-c2cc(C(=O)O)c3cccc(C)c3n2)cc1[N+](=O)[O-]. The molecule has 0 amide bonds. The van der Waals surface area contributed by atoms with Gasteiger partial charge in [0.1, 0.15) is 0 Å². The first kappa shape index (κ1) is 17.3. The van der Waals surface area contributed by atoms with Crippen molar-refractivity contribution in [2.75, 3.05) is 6.61 Å². The number of hydrogen-bond acceptors (Lipinski definition) is 5. The number of nitro benzene ring substituents is 1. The van der Waals surface area contributed by atoms with Crippen molar-refractivity contribution in [2.24, 2.45) is 0 Å². The highest BCUT2D eigenvalue weighted by atomic mass is 16.6. The molecular weight excluding hydrogens is 336 g/mol. The number of hydrogen-bond donors (Lipinski definition) is 1. The smallest absolute Gasteiger partial charge is 0.336 e. The number of ether oxygens (including phenoxy) is 1. The third kappa shape index (κ3) is 3.06. The standard InChI is InChI=1S/C19H16N2O5/c1-3-26-17-8-7-12(9-16(17)21(24)25)15-10-14(19(22)23)13-6-4-5-11(2)18(13)20-15/h4-10H,3H2,1-2H3,(H,22,23). The van der Waals surface area contributed by atoms with Crippen LogP contribution in [0, 0.1) is 17.0 Å². The molecule has 7 heteroatoms. The fourth-order valence-electron chi connectivity index (χ4n) is 2.81. The molecule has 0 spiro atoms. The van der Waals surface area contributed by atoms with Gasteiger partial charge in [-0.3, -0.25) is 10.1 Å². The largest absolute Gasteiger partial charge is 0.487 e. The Kier molecular flexibility index (Phi) is 4.53. The summed E-state index contributed by atoms with van der Waals surface area (Å²) in [5.74, 6) is -0.915. The third-order valence-corrected chi connectivity index (χ3v) is 4.02. The number of aryl methyl sites for hydroxylation is 1. The highest BCUT2D eigenvalue weighted by Crippen LogP contribution is 2.33. The van der Waals surface area contributed by atoms with E-state index in [1.807, 2.05) is 13.0 Å². The highest BCUT2D eigenvalue weighted by molar-refractivity contribution is 6.04. The van der Waals surface area contributed by atoms with Crippen LogP contribution in [0.2, 0.25) is 0 Å². The summed E-state index contributed by atoms with van der Waals surface area (Å²) in [7, 11) is 0. The van der Waals surface area contributed by atoms with E-state index in [0.717, 1.165) is 5.56 Å². The molecule has 0 unspecified atom stereocenters. The Bertz CT molecular complexity index is 1030. The maximum Gasteiger partial charge on any atom is 0.336 e. The molecule has 7 nitrogen and oxygen atoms in total. The van der Waals surface area contributed by atoms with Crippen molar-refractivity contribution in [3.63, 3.8) is 0 Å². The number of carboxylic acid groups (broad SMARTS) is 1. The van der Waals surface area contributed by atoms with E-state index in [0.29, 0.717) is 28.8 Å². The van der Waals surface area contributed by atoms with Crippen LogP contribution in [0.5, 0.6) is 5.75 Å². The molecule has 0 saturated heterocycles. The summed E-state index contributed by atoms with van der Waals surface area (Å²) >= 11 is 0. The predicted octanol–water partition coefficient (Wildman–Crippen LogP) is 4.22. The lowest BCUT2D eigenvalue weighted by atomic mass is 10.0. The molecule has 3 aromatic rings.